The van der Waals surface area contributed by atoms with Gasteiger partial charge in [0.25, 0.3) is 0 Å². The first-order valence-corrected chi connectivity index (χ1v) is 9.16. The first-order chi connectivity index (χ1) is 12.0. The van der Waals surface area contributed by atoms with E-state index in [2.05, 4.69) is 16.0 Å². The van der Waals surface area contributed by atoms with Crippen LogP contribution in [-0.4, -0.2) is 24.9 Å². The van der Waals surface area contributed by atoms with Gasteiger partial charge < -0.3 is 16.0 Å². The number of nitrogens with one attached hydrogen (secondary N) is 3. The van der Waals surface area contributed by atoms with Crippen LogP contribution in [0.4, 0.5) is 15.8 Å². The molecule has 2 amide bonds. The van der Waals surface area contributed by atoms with E-state index >= 15 is 0 Å². The van der Waals surface area contributed by atoms with Crippen LogP contribution in [0, 0.1) is 23.6 Å². The topological polar surface area (TPSA) is 70.2 Å². The summed E-state index contributed by atoms with van der Waals surface area (Å²) in [6, 6.07) is 4.30. The van der Waals surface area contributed by atoms with E-state index in [9.17, 15) is 14.0 Å². The summed E-state index contributed by atoms with van der Waals surface area (Å²) < 4.78 is 14.0. The van der Waals surface area contributed by atoms with Crippen molar-refractivity contribution in [2.45, 2.75) is 39.0 Å². The number of hydrogen-bond donors (Lipinski definition) is 3. The van der Waals surface area contributed by atoms with Gasteiger partial charge in [0.1, 0.15) is 5.82 Å². The van der Waals surface area contributed by atoms with Crippen LogP contribution in [0.15, 0.2) is 18.2 Å². The summed E-state index contributed by atoms with van der Waals surface area (Å²) in [6.07, 6.45) is 4.97. The van der Waals surface area contributed by atoms with Crippen LogP contribution in [0.1, 0.15) is 39.0 Å². The minimum Gasteiger partial charge on any atom is -0.326 e. The van der Waals surface area contributed by atoms with Crippen molar-refractivity contribution in [3.63, 3.8) is 0 Å². The predicted octanol–water partition coefficient (Wildman–Crippen LogP) is 3.14. The average Bonchev–Trinajstić information content (AvgIpc) is 2.57. The van der Waals surface area contributed by atoms with Gasteiger partial charge in [0.15, 0.2) is 0 Å². The van der Waals surface area contributed by atoms with E-state index in [1.165, 1.54) is 18.2 Å². The molecule has 2 fully saturated rings. The third kappa shape index (κ3) is 4.37. The molecule has 1 saturated carbocycles. The van der Waals surface area contributed by atoms with Crippen LogP contribution in [0.25, 0.3) is 0 Å². The lowest BCUT2D eigenvalue weighted by molar-refractivity contribution is -0.121. The van der Waals surface area contributed by atoms with Gasteiger partial charge in [-0.2, -0.15) is 0 Å². The summed E-state index contributed by atoms with van der Waals surface area (Å²) >= 11 is 0. The Morgan fingerprint density at radius 1 is 1.16 bits per heavy atom. The van der Waals surface area contributed by atoms with Crippen LogP contribution in [0.3, 0.4) is 0 Å². The van der Waals surface area contributed by atoms with E-state index in [0.717, 1.165) is 45.2 Å². The Bertz CT molecular complexity index is 640. The zero-order valence-corrected chi connectivity index (χ0v) is 14.6. The predicted molar refractivity (Wildman–Crippen MR) is 95.8 cm³/mol. The van der Waals surface area contributed by atoms with Crippen molar-refractivity contribution in [1.29, 1.82) is 0 Å². The Labute approximate surface area is 147 Å². The third-order valence-electron chi connectivity index (χ3n) is 5.40. The molecular formula is C19H26FN3O2. The highest BCUT2D eigenvalue weighted by Crippen LogP contribution is 2.27. The van der Waals surface area contributed by atoms with E-state index in [1.54, 1.807) is 0 Å². The van der Waals surface area contributed by atoms with Crippen LogP contribution in [0.2, 0.25) is 0 Å². The van der Waals surface area contributed by atoms with Crippen molar-refractivity contribution in [2.24, 2.45) is 17.8 Å². The molecule has 6 heteroatoms. The van der Waals surface area contributed by atoms with Crippen LogP contribution in [-0.2, 0) is 9.59 Å². The lowest BCUT2D eigenvalue weighted by atomic mass is 9.88. The zero-order valence-electron chi connectivity index (χ0n) is 14.6. The number of halogens is 1. The molecule has 136 valence electrons. The number of carbonyl (C=O) groups is 2. The van der Waals surface area contributed by atoms with Gasteiger partial charge in [-0.15, -0.1) is 0 Å². The molecule has 1 heterocycles. The maximum atomic E-state index is 14.0. The van der Waals surface area contributed by atoms with Crippen LogP contribution >= 0.6 is 0 Å². The quantitative estimate of drug-likeness (QED) is 0.766. The smallest absolute Gasteiger partial charge is 0.227 e. The van der Waals surface area contributed by atoms with Gasteiger partial charge in [0, 0.05) is 17.5 Å². The highest BCUT2D eigenvalue weighted by atomic mass is 19.1. The lowest BCUT2D eigenvalue weighted by Crippen LogP contribution is -2.48. The number of benzene rings is 1. The third-order valence-corrected chi connectivity index (χ3v) is 5.40. The largest absolute Gasteiger partial charge is 0.326 e. The van der Waals surface area contributed by atoms with E-state index < -0.39 is 5.82 Å². The maximum Gasteiger partial charge on any atom is 0.227 e. The monoisotopic (exact) mass is 347 g/mol. The first-order valence-electron chi connectivity index (χ1n) is 9.16. The van der Waals surface area contributed by atoms with Crippen molar-refractivity contribution >= 4 is 23.2 Å². The summed E-state index contributed by atoms with van der Waals surface area (Å²) in [7, 11) is 0. The van der Waals surface area contributed by atoms with Crippen molar-refractivity contribution in [3.8, 4) is 0 Å². The zero-order chi connectivity index (χ0) is 17.8. The van der Waals surface area contributed by atoms with E-state index in [-0.39, 0.29) is 29.3 Å². The summed E-state index contributed by atoms with van der Waals surface area (Å²) in [5.74, 6) is -0.507. The van der Waals surface area contributed by atoms with Gasteiger partial charge in [-0.25, -0.2) is 4.39 Å². The fraction of sp³-hybridized carbons (Fsp3) is 0.579. The number of hydrogen-bond acceptors (Lipinski definition) is 3. The Morgan fingerprint density at radius 2 is 1.88 bits per heavy atom. The van der Waals surface area contributed by atoms with E-state index in [0.29, 0.717) is 11.6 Å². The van der Waals surface area contributed by atoms with E-state index in [1.807, 2.05) is 6.92 Å². The molecular weight excluding hydrogens is 321 g/mol. The number of rotatable bonds is 5. The fourth-order valence-corrected chi connectivity index (χ4v) is 3.43. The van der Waals surface area contributed by atoms with E-state index in [4.69, 9.17) is 0 Å². The Kier molecular flexibility index (Phi) is 5.68. The molecule has 25 heavy (non-hydrogen) atoms. The van der Waals surface area contributed by atoms with Gasteiger partial charge in [-0.3, -0.25) is 9.59 Å². The van der Waals surface area contributed by atoms with Gasteiger partial charge in [0.2, 0.25) is 11.8 Å². The lowest BCUT2D eigenvalue weighted by Gasteiger charge is -2.31. The minimum absolute atomic E-state index is 0.0439. The van der Waals surface area contributed by atoms with Crippen LogP contribution in [0.5, 0.6) is 0 Å². The summed E-state index contributed by atoms with van der Waals surface area (Å²) in [5.41, 5.74) is 0.635. The molecule has 0 aromatic heterocycles. The molecule has 5 nitrogen and oxygen atoms in total. The molecule has 0 radical (unpaired) electrons. The highest BCUT2D eigenvalue weighted by Gasteiger charge is 2.29. The Balaban J connectivity index is 1.63. The number of anilines is 2. The summed E-state index contributed by atoms with van der Waals surface area (Å²) in [6.45, 7) is 3.59. The van der Waals surface area contributed by atoms with Crippen molar-refractivity contribution < 1.29 is 14.0 Å². The Hall–Kier alpha value is -1.95. The molecule has 3 rings (SSSR count). The highest BCUT2D eigenvalue weighted by molar-refractivity contribution is 5.95. The molecule has 1 aromatic rings. The van der Waals surface area contributed by atoms with Crippen molar-refractivity contribution in [3.05, 3.63) is 24.0 Å². The molecule has 1 aliphatic carbocycles. The first kappa shape index (κ1) is 17.9. The molecule has 1 aromatic carbocycles. The summed E-state index contributed by atoms with van der Waals surface area (Å²) in [5, 5.41) is 8.67. The second-order valence-electron chi connectivity index (χ2n) is 7.22. The van der Waals surface area contributed by atoms with Gasteiger partial charge in [-0.05, 0) is 50.0 Å². The van der Waals surface area contributed by atoms with Crippen molar-refractivity contribution in [1.82, 2.24) is 5.32 Å². The minimum atomic E-state index is -0.488. The van der Waals surface area contributed by atoms with Gasteiger partial charge in [0.05, 0.1) is 5.69 Å². The second kappa shape index (κ2) is 7.95. The molecule has 0 bridgehead atoms. The fourth-order valence-electron chi connectivity index (χ4n) is 3.43. The molecule has 1 unspecified atom stereocenters. The Morgan fingerprint density at radius 3 is 2.52 bits per heavy atom. The van der Waals surface area contributed by atoms with Gasteiger partial charge in [-0.1, -0.05) is 26.2 Å². The SMILES string of the molecule is CC(C(=O)Nc1ccc(F)c(NC(=O)C2CCCCC2)c1)C1CNC1. The normalized spacial score (nSPS) is 19.8. The molecule has 3 N–H and O–H groups in total. The molecule has 1 atom stereocenters. The van der Waals surface area contributed by atoms with Crippen molar-refractivity contribution in [2.75, 3.05) is 23.7 Å². The summed E-state index contributed by atoms with van der Waals surface area (Å²) in [4.78, 5) is 24.6. The van der Waals surface area contributed by atoms with Gasteiger partial charge >= 0.3 is 0 Å². The second-order valence-corrected chi connectivity index (χ2v) is 7.22. The van der Waals surface area contributed by atoms with Crippen LogP contribution < -0.4 is 16.0 Å². The number of amides is 2. The molecule has 1 aliphatic heterocycles. The number of carbonyl (C=O) groups excluding carboxylic acids is 2. The molecule has 2 aliphatic rings. The molecule has 1 saturated heterocycles. The maximum absolute atomic E-state index is 14.0. The molecule has 0 spiro atoms. The standard InChI is InChI=1S/C19H26FN3O2/c1-12(14-10-21-11-14)18(24)22-15-7-8-16(20)17(9-15)23-19(25)13-5-3-2-4-6-13/h7-9,12-14,21H,2-6,10-11H2,1H3,(H,22,24)(H,23,25). The average molecular weight is 347 g/mol.